The number of anilines is 1. The predicted octanol–water partition coefficient (Wildman–Crippen LogP) is 0.452. The van der Waals surface area contributed by atoms with Gasteiger partial charge in [-0.05, 0) is 27.4 Å². The van der Waals surface area contributed by atoms with Gasteiger partial charge in [0.05, 0.1) is 35.9 Å². The lowest BCUT2D eigenvalue weighted by Gasteiger charge is -2.41. The van der Waals surface area contributed by atoms with Crippen LogP contribution in [0.3, 0.4) is 0 Å². The number of nitrogens with two attached hydrogens (primary N) is 1. The van der Waals surface area contributed by atoms with Gasteiger partial charge in [0.1, 0.15) is 5.69 Å². The van der Waals surface area contributed by atoms with Gasteiger partial charge in [-0.15, -0.1) is 5.10 Å². The zero-order valence-corrected chi connectivity index (χ0v) is 14.3. The third-order valence-electron chi connectivity index (χ3n) is 4.16. The molecule has 9 heteroatoms. The smallest absolute Gasteiger partial charge is 0.180 e. The highest BCUT2D eigenvalue weighted by Gasteiger charge is 2.36. The van der Waals surface area contributed by atoms with E-state index in [9.17, 15) is 5.11 Å². The average molecular weight is 338 g/mol. The van der Waals surface area contributed by atoms with Crippen LogP contribution >= 0.6 is 11.3 Å². The molecular weight excluding hydrogens is 316 g/mol. The number of nitrogens with zero attached hydrogens (tertiary/aromatic N) is 5. The van der Waals surface area contributed by atoms with Crippen LogP contribution in [0.25, 0.3) is 10.6 Å². The van der Waals surface area contributed by atoms with Crippen molar-refractivity contribution in [1.82, 2.24) is 24.9 Å². The topological polar surface area (TPSA) is 102 Å². The highest BCUT2D eigenvalue weighted by molar-refractivity contribution is 7.18. The Morgan fingerprint density at radius 2 is 2.30 bits per heavy atom. The van der Waals surface area contributed by atoms with Gasteiger partial charge in [0, 0.05) is 12.2 Å². The van der Waals surface area contributed by atoms with Crippen molar-refractivity contribution in [2.24, 2.45) is 0 Å². The summed E-state index contributed by atoms with van der Waals surface area (Å²) in [5, 5.41) is 19.1. The molecule has 8 nitrogen and oxygen atoms in total. The molecule has 23 heavy (non-hydrogen) atoms. The number of rotatable bonds is 4. The van der Waals surface area contributed by atoms with E-state index in [4.69, 9.17) is 10.5 Å². The summed E-state index contributed by atoms with van der Waals surface area (Å²) in [6, 6.07) is 0.0769. The van der Waals surface area contributed by atoms with Crippen molar-refractivity contribution in [3.05, 3.63) is 12.4 Å². The van der Waals surface area contributed by atoms with Crippen molar-refractivity contribution in [1.29, 1.82) is 0 Å². The monoisotopic (exact) mass is 338 g/mol. The fourth-order valence-electron chi connectivity index (χ4n) is 2.91. The van der Waals surface area contributed by atoms with Gasteiger partial charge >= 0.3 is 0 Å². The van der Waals surface area contributed by atoms with E-state index in [0.29, 0.717) is 11.7 Å². The molecule has 1 aliphatic rings. The minimum Gasteiger partial charge on any atom is -0.389 e. The second-order valence-corrected chi connectivity index (χ2v) is 7.17. The molecule has 3 heterocycles. The van der Waals surface area contributed by atoms with Crippen LogP contribution in [-0.2, 0) is 11.3 Å². The fourth-order valence-corrected chi connectivity index (χ4v) is 3.54. The van der Waals surface area contributed by atoms with E-state index in [0.717, 1.165) is 17.0 Å². The van der Waals surface area contributed by atoms with Crippen molar-refractivity contribution in [3.8, 4) is 10.6 Å². The van der Waals surface area contributed by atoms with Crippen LogP contribution in [-0.4, -0.2) is 68.4 Å². The quantitative estimate of drug-likeness (QED) is 0.834. The first-order valence-corrected chi connectivity index (χ1v) is 8.37. The van der Waals surface area contributed by atoms with E-state index in [2.05, 4.69) is 15.3 Å². The Kier molecular flexibility index (Phi) is 4.62. The molecule has 2 aromatic heterocycles. The van der Waals surface area contributed by atoms with Gasteiger partial charge in [0.15, 0.2) is 5.13 Å². The summed E-state index contributed by atoms with van der Waals surface area (Å²) in [7, 11) is 3.95. The molecule has 1 saturated heterocycles. The SMILES string of the molecule is C[C@@H]1O[C@H](Cn2cc(-c3cnc(N)s3)nn2)CC(N(C)C)C1O. The molecule has 3 rings (SSSR count). The van der Waals surface area contributed by atoms with E-state index >= 15 is 0 Å². The summed E-state index contributed by atoms with van der Waals surface area (Å²) in [5.74, 6) is 0. The zero-order valence-electron chi connectivity index (χ0n) is 13.5. The maximum absolute atomic E-state index is 10.2. The molecule has 2 aromatic rings. The lowest BCUT2D eigenvalue weighted by Crippen LogP contribution is -2.53. The number of hydrogen-bond acceptors (Lipinski definition) is 8. The Morgan fingerprint density at radius 3 is 2.96 bits per heavy atom. The van der Waals surface area contributed by atoms with Gasteiger partial charge in [-0.2, -0.15) is 0 Å². The molecule has 4 atom stereocenters. The highest BCUT2D eigenvalue weighted by atomic mass is 32.1. The first-order chi connectivity index (χ1) is 10.9. The van der Waals surface area contributed by atoms with Crippen LogP contribution in [0.4, 0.5) is 5.13 Å². The second-order valence-electron chi connectivity index (χ2n) is 6.11. The third kappa shape index (κ3) is 3.52. The summed E-state index contributed by atoms with van der Waals surface area (Å²) in [4.78, 5) is 6.97. The molecule has 1 fully saturated rings. The minimum atomic E-state index is -0.479. The molecule has 0 amide bonds. The Morgan fingerprint density at radius 1 is 1.52 bits per heavy atom. The molecule has 126 valence electrons. The normalized spacial score (nSPS) is 28.4. The average Bonchev–Trinajstić information content (AvgIpc) is 3.11. The number of likely N-dealkylation sites (N-methyl/N-ethyl adjacent to an activating group) is 1. The lowest BCUT2D eigenvalue weighted by molar-refractivity contribution is -0.144. The molecule has 2 unspecified atom stereocenters. The van der Waals surface area contributed by atoms with Gasteiger partial charge in [-0.1, -0.05) is 16.6 Å². The summed E-state index contributed by atoms with van der Waals surface area (Å²) in [6.07, 6.45) is 3.63. The molecule has 0 aliphatic carbocycles. The van der Waals surface area contributed by atoms with Crippen molar-refractivity contribution in [2.75, 3.05) is 19.8 Å². The van der Waals surface area contributed by atoms with E-state index < -0.39 is 6.10 Å². The molecule has 0 radical (unpaired) electrons. The number of nitrogen functional groups attached to an aromatic ring is 1. The molecule has 0 spiro atoms. The Hall–Kier alpha value is -1.55. The van der Waals surface area contributed by atoms with E-state index in [1.54, 1.807) is 10.9 Å². The summed E-state index contributed by atoms with van der Waals surface area (Å²) in [5.41, 5.74) is 6.40. The fraction of sp³-hybridized carbons (Fsp3) is 0.643. The van der Waals surface area contributed by atoms with Gasteiger partial charge in [0.25, 0.3) is 0 Å². The maximum Gasteiger partial charge on any atom is 0.180 e. The molecular formula is C14H22N6O2S. The van der Waals surface area contributed by atoms with Crippen LogP contribution in [0.2, 0.25) is 0 Å². The van der Waals surface area contributed by atoms with Crippen LogP contribution in [0, 0.1) is 0 Å². The number of aliphatic hydroxyl groups is 1. The molecule has 0 bridgehead atoms. The number of ether oxygens (including phenoxy) is 1. The third-order valence-corrected chi connectivity index (χ3v) is 5.00. The van der Waals surface area contributed by atoms with Crippen molar-refractivity contribution in [3.63, 3.8) is 0 Å². The maximum atomic E-state index is 10.2. The van der Waals surface area contributed by atoms with Gasteiger partial charge < -0.3 is 20.5 Å². The van der Waals surface area contributed by atoms with Crippen LogP contribution in [0.1, 0.15) is 13.3 Å². The Labute approximate surface area is 138 Å². The Bertz CT molecular complexity index is 657. The second kappa shape index (κ2) is 6.52. The van der Waals surface area contributed by atoms with Crippen molar-refractivity contribution in [2.45, 2.75) is 44.2 Å². The van der Waals surface area contributed by atoms with Crippen molar-refractivity contribution < 1.29 is 9.84 Å². The number of hydrogen-bond donors (Lipinski definition) is 2. The van der Waals surface area contributed by atoms with Crippen LogP contribution < -0.4 is 5.73 Å². The summed E-state index contributed by atoms with van der Waals surface area (Å²) in [6.45, 7) is 2.50. The molecule has 1 aliphatic heterocycles. The number of aromatic nitrogens is 4. The summed E-state index contributed by atoms with van der Waals surface area (Å²) < 4.78 is 7.68. The standard InChI is InChI=1S/C14H22N6O2S/c1-8-13(21)11(19(2)3)4-9(22-8)6-20-7-10(17-18-20)12-5-16-14(15)23-12/h5,7-9,11,13,21H,4,6H2,1-3H3,(H2,15,16)/t8-,9-,11?,13?/m0/s1. The van der Waals surface area contributed by atoms with Crippen LogP contribution in [0.15, 0.2) is 12.4 Å². The van der Waals surface area contributed by atoms with Gasteiger partial charge in [0.2, 0.25) is 0 Å². The first kappa shape index (κ1) is 16.3. The largest absolute Gasteiger partial charge is 0.389 e. The minimum absolute atomic E-state index is 0.0121. The Balaban J connectivity index is 1.68. The van der Waals surface area contributed by atoms with E-state index in [-0.39, 0.29) is 18.2 Å². The molecule has 0 aromatic carbocycles. The lowest BCUT2D eigenvalue weighted by atomic mass is 9.95. The number of thiazole rings is 1. The zero-order chi connectivity index (χ0) is 16.6. The molecule has 3 N–H and O–H groups in total. The van der Waals surface area contributed by atoms with Gasteiger partial charge in [-0.25, -0.2) is 9.67 Å². The predicted molar refractivity (Wildman–Crippen MR) is 88.0 cm³/mol. The summed E-state index contributed by atoms with van der Waals surface area (Å²) >= 11 is 1.39. The molecule has 0 saturated carbocycles. The first-order valence-electron chi connectivity index (χ1n) is 7.56. The highest BCUT2D eigenvalue weighted by Crippen LogP contribution is 2.26. The van der Waals surface area contributed by atoms with E-state index in [1.165, 1.54) is 11.3 Å². The number of aliphatic hydroxyl groups excluding tert-OH is 1. The van der Waals surface area contributed by atoms with Crippen molar-refractivity contribution >= 4 is 16.5 Å². The van der Waals surface area contributed by atoms with Gasteiger partial charge in [-0.3, -0.25) is 0 Å². The van der Waals surface area contributed by atoms with E-state index in [1.807, 2.05) is 32.1 Å². The van der Waals surface area contributed by atoms with Crippen LogP contribution in [0.5, 0.6) is 0 Å².